The van der Waals surface area contributed by atoms with Gasteiger partial charge in [0.2, 0.25) is 0 Å². The normalized spacial score (nSPS) is 10.0. The van der Waals surface area contributed by atoms with Gasteiger partial charge in [-0.3, -0.25) is 2.78 Å². The number of para-hydroxylation sites is 1. The fraction of sp³-hybridized carbons (Fsp3) is 0. The van der Waals surface area contributed by atoms with Crippen LogP contribution in [0.4, 0.5) is 0 Å². The van der Waals surface area contributed by atoms with E-state index in [4.69, 9.17) is 5.26 Å². The second-order valence-electron chi connectivity index (χ2n) is 2.48. The molecular weight excluding hydrogens is 263 g/mol. The lowest BCUT2D eigenvalue weighted by molar-refractivity contribution is 1.40. The van der Waals surface area contributed by atoms with Gasteiger partial charge >= 0.3 is 0 Å². The Bertz CT molecular complexity index is 465. The smallest absolute Gasteiger partial charge is 0.101 e. The topological polar surface area (TPSA) is 28.7 Å². The maximum absolute atomic E-state index is 8.78. The molecule has 2 rings (SSSR count). The van der Waals surface area contributed by atoms with Gasteiger partial charge in [-0.25, -0.2) is 0 Å². The minimum Gasteiger partial charge on any atom is -0.288 e. The molecule has 0 unspecified atom stereocenters. The highest BCUT2D eigenvalue weighted by atomic mass is 127. The minimum absolute atomic E-state index is 0.736. The van der Waals surface area contributed by atoms with Gasteiger partial charge in [0, 0.05) is 11.6 Å². The Hall–Kier alpha value is -1.02. The van der Waals surface area contributed by atoms with Gasteiger partial charge in [0.25, 0.3) is 0 Å². The summed E-state index contributed by atoms with van der Waals surface area (Å²) in [6, 6.07) is 10.0. The van der Waals surface area contributed by atoms with E-state index in [2.05, 4.69) is 28.9 Å². The summed E-state index contributed by atoms with van der Waals surface area (Å²) in [5.41, 5.74) is 1.83. The summed E-state index contributed by atoms with van der Waals surface area (Å²) < 4.78 is 1.94. The average molecular weight is 268 g/mol. The molecule has 0 atom stereocenters. The first-order valence-corrected chi connectivity index (χ1v) is 4.46. The quantitative estimate of drug-likeness (QED) is 0.675. The number of nitrogens with zero attached hydrogens (tertiary/aromatic N) is 2. The molecule has 0 saturated carbocycles. The third-order valence-electron chi connectivity index (χ3n) is 1.79. The number of hydrogen-bond acceptors (Lipinski definition) is 1. The van der Waals surface area contributed by atoms with Gasteiger partial charge in [0.1, 0.15) is 6.07 Å². The summed E-state index contributed by atoms with van der Waals surface area (Å²) in [6.07, 6.45) is 1.84. The van der Waals surface area contributed by atoms with Crippen LogP contribution in [0.15, 0.2) is 30.5 Å². The van der Waals surface area contributed by atoms with E-state index in [9.17, 15) is 0 Å². The monoisotopic (exact) mass is 268 g/mol. The highest BCUT2D eigenvalue weighted by Crippen LogP contribution is 2.21. The molecule has 0 N–H and O–H groups in total. The van der Waals surface area contributed by atoms with Crippen LogP contribution >= 0.6 is 22.9 Å². The van der Waals surface area contributed by atoms with E-state index in [1.807, 2.05) is 33.2 Å². The zero-order valence-corrected chi connectivity index (χ0v) is 8.32. The van der Waals surface area contributed by atoms with E-state index in [1.165, 1.54) is 0 Å². The summed E-state index contributed by atoms with van der Waals surface area (Å²) in [4.78, 5) is 0. The van der Waals surface area contributed by atoms with Gasteiger partial charge in [-0.05, 0) is 6.07 Å². The third kappa shape index (κ3) is 0.994. The molecule has 3 heteroatoms. The van der Waals surface area contributed by atoms with Crippen LogP contribution in [0.1, 0.15) is 5.56 Å². The molecule has 0 radical (unpaired) electrons. The van der Waals surface area contributed by atoms with Crippen molar-refractivity contribution in [2.75, 3.05) is 0 Å². The molecule has 0 bridgehead atoms. The van der Waals surface area contributed by atoms with Crippen molar-refractivity contribution < 1.29 is 0 Å². The number of hydrogen-bond donors (Lipinski definition) is 0. The Morgan fingerprint density at radius 1 is 1.33 bits per heavy atom. The molecule has 1 aromatic carbocycles. The molecule has 0 aliphatic heterocycles. The van der Waals surface area contributed by atoms with E-state index >= 15 is 0 Å². The summed E-state index contributed by atoms with van der Waals surface area (Å²) in [5, 5.41) is 9.80. The first-order valence-electron chi connectivity index (χ1n) is 3.49. The number of aromatic nitrogens is 1. The lowest BCUT2D eigenvalue weighted by Crippen LogP contribution is -1.71. The van der Waals surface area contributed by atoms with Crippen LogP contribution in [0.25, 0.3) is 10.9 Å². The molecule has 2 aromatic rings. The van der Waals surface area contributed by atoms with Crippen molar-refractivity contribution in [1.29, 1.82) is 5.26 Å². The van der Waals surface area contributed by atoms with Crippen molar-refractivity contribution in [3.8, 4) is 6.07 Å². The molecule has 1 heterocycles. The average Bonchev–Trinajstić information content (AvgIpc) is 2.44. The molecule has 58 valence electrons. The van der Waals surface area contributed by atoms with E-state index in [1.54, 1.807) is 0 Å². The van der Waals surface area contributed by atoms with Crippen LogP contribution in [-0.2, 0) is 0 Å². The number of nitriles is 1. The molecule has 0 aliphatic rings. The van der Waals surface area contributed by atoms with Gasteiger partial charge in [-0.1, -0.05) is 18.2 Å². The van der Waals surface area contributed by atoms with Crippen molar-refractivity contribution in [2.24, 2.45) is 0 Å². The summed E-state index contributed by atoms with van der Waals surface area (Å²) in [7, 11) is 0. The Morgan fingerprint density at radius 3 is 2.83 bits per heavy atom. The molecule has 0 saturated heterocycles. The lowest BCUT2D eigenvalue weighted by atomic mass is 10.2. The number of fused-ring (bicyclic) bond motifs is 1. The van der Waals surface area contributed by atoms with Crippen LogP contribution < -0.4 is 0 Å². The zero-order valence-electron chi connectivity index (χ0n) is 6.16. The van der Waals surface area contributed by atoms with Crippen LogP contribution in [0, 0.1) is 11.3 Å². The first-order chi connectivity index (χ1) is 5.83. The summed E-state index contributed by atoms with van der Waals surface area (Å²) >= 11 is 2.17. The van der Waals surface area contributed by atoms with Crippen molar-refractivity contribution >= 4 is 33.8 Å². The first kappa shape index (κ1) is 7.62. The van der Waals surface area contributed by atoms with Gasteiger partial charge in [0.15, 0.2) is 0 Å². The van der Waals surface area contributed by atoms with Gasteiger partial charge in [0.05, 0.1) is 33.9 Å². The van der Waals surface area contributed by atoms with Crippen LogP contribution in [0.5, 0.6) is 0 Å². The predicted molar refractivity (Wildman–Crippen MR) is 56.1 cm³/mol. The molecule has 12 heavy (non-hydrogen) atoms. The maximum Gasteiger partial charge on any atom is 0.101 e. The molecule has 0 amide bonds. The third-order valence-corrected chi connectivity index (χ3v) is 2.59. The Morgan fingerprint density at radius 2 is 2.08 bits per heavy atom. The SMILES string of the molecule is N#Cc1cn(I)c2ccccc12. The largest absolute Gasteiger partial charge is 0.288 e. The number of rotatable bonds is 0. The van der Waals surface area contributed by atoms with Crippen molar-refractivity contribution in [3.05, 3.63) is 36.0 Å². The minimum atomic E-state index is 0.736. The molecule has 0 aliphatic carbocycles. The Balaban J connectivity index is 2.94. The van der Waals surface area contributed by atoms with E-state index < -0.39 is 0 Å². The van der Waals surface area contributed by atoms with Crippen molar-refractivity contribution in [1.82, 2.24) is 2.78 Å². The van der Waals surface area contributed by atoms with Crippen LogP contribution in [0.2, 0.25) is 0 Å². The molecule has 0 spiro atoms. The van der Waals surface area contributed by atoms with Gasteiger partial charge in [-0.15, -0.1) is 0 Å². The van der Waals surface area contributed by atoms with E-state index in [0.717, 1.165) is 16.5 Å². The van der Waals surface area contributed by atoms with Gasteiger partial charge in [-0.2, -0.15) is 5.26 Å². The van der Waals surface area contributed by atoms with E-state index in [0.29, 0.717) is 0 Å². The summed E-state index contributed by atoms with van der Waals surface area (Å²) in [6.45, 7) is 0. The molecular formula is C9H5IN2. The number of benzene rings is 1. The maximum atomic E-state index is 8.78. The predicted octanol–water partition coefficient (Wildman–Crippen LogP) is 2.71. The molecule has 1 aromatic heterocycles. The molecule has 2 nitrogen and oxygen atoms in total. The van der Waals surface area contributed by atoms with Crippen LogP contribution in [-0.4, -0.2) is 2.78 Å². The Kier molecular flexibility index (Phi) is 1.77. The Labute approximate surface area is 83.9 Å². The summed E-state index contributed by atoms with van der Waals surface area (Å²) in [5.74, 6) is 0. The molecule has 0 fully saturated rings. The fourth-order valence-electron chi connectivity index (χ4n) is 1.23. The second kappa shape index (κ2) is 2.79. The van der Waals surface area contributed by atoms with Crippen molar-refractivity contribution in [2.45, 2.75) is 0 Å². The zero-order chi connectivity index (χ0) is 8.55. The van der Waals surface area contributed by atoms with Crippen molar-refractivity contribution in [3.63, 3.8) is 0 Å². The highest BCUT2D eigenvalue weighted by molar-refractivity contribution is 14.1. The fourth-order valence-corrected chi connectivity index (χ4v) is 1.93. The number of halogens is 1. The lowest BCUT2D eigenvalue weighted by Gasteiger charge is -1.90. The highest BCUT2D eigenvalue weighted by Gasteiger charge is 2.03. The van der Waals surface area contributed by atoms with Gasteiger partial charge < -0.3 is 0 Å². The van der Waals surface area contributed by atoms with E-state index in [-0.39, 0.29) is 0 Å². The van der Waals surface area contributed by atoms with Crippen LogP contribution in [0.3, 0.4) is 0 Å². The standard InChI is InChI=1S/C9H5IN2/c10-12-6-7(5-11)8-3-1-2-4-9(8)12/h1-4,6H. The second-order valence-corrected chi connectivity index (χ2v) is 3.52.